The summed E-state index contributed by atoms with van der Waals surface area (Å²) in [6.45, 7) is 2.00. The second-order valence-electron chi connectivity index (χ2n) is 7.27. The minimum Gasteiger partial charge on any atom is -0.361 e. The van der Waals surface area contributed by atoms with Gasteiger partial charge in [-0.05, 0) is 35.7 Å². The molecule has 0 saturated carbocycles. The van der Waals surface area contributed by atoms with E-state index in [0.29, 0.717) is 11.4 Å². The molecule has 3 aromatic carbocycles. The number of halogens is 1. The number of aromatic amines is 1. The Labute approximate surface area is 175 Å². The van der Waals surface area contributed by atoms with Crippen molar-refractivity contribution in [2.24, 2.45) is 0 Å². The van der Waals surface area contributed by atoms with Gasteiger partial charge in [0, 0.05) is 34.5 Å². The molecule has 0 unspecified atom stereocenters. The first kappa shape index (κ1) is 19.3. The topological polar surface area (TPSA) is 44.9 Å². The van der Waals surface area contributed by atoms with Gasteiger partial charge >= 0.3 is 0 Å². The fourth-order valence-electron chi connectivity index (χ4n) is 3.84. The summed E-state index contributed by atoms with van der Waals surface area (Å²) in [5.41, 5.74) is 4.18. The maximum absolute atomic E-state index is 13.0. The molecule has 0 aliphatic heterocycles. The van der Waals surface area contributed by atoms with Crippen molar-refractivity contribution in [3.05, 3.63) is 107 Å². The Bertz CT molecular complexity index is 1120. The lowest BCUT2D eigenvalue weighted by Crippen LogP contribution is -2.28. The van der Waals surface area contributed by atoms with Gasteiger partial charge in [0.1, 0.15) is 0 Å². The molecular formula is C25H23ClN2O. The van der Waals surface area contributed by atoms with Crippen molar-refractivity contribution >= 4 is 28.4 Å². The number of nitrogens with one attached hydrogen (secondary N) is 2. The van der Waals surface area contributed by atoms with Crippen LogP contribution in [0.1, 0.15) is 42.0 Å². The molecule has 146 valence electrons. The van der Waals surface area contributed by atoms with E-state index in [1.807, 2.05) is 85.9 Å². The van der Waals surface area contributed by atoms with E-state index in [2.05, 4.69) is 16.4 Å². The molecule has 0 bridgehead atoms. The van der Waals surface area contributed by atoms with Crippen molar-refractivity contribution in [2.45, 2.75) is 25.3 Å². The third-order valence-electron chi connectivity index (χ3n) is 5.34. The molecule has 2 N–H and O–H groups in total. The third kappa shape index (κ3) is 4.20. The first-order valence-electron chi connectivity index (χ1n) is 9.78. The minimum absolute atomic E-state index is 0.00319. The average Bonchev–Trinajstić information content (AvgIpc) is 3.17. The number of benzene rings is 3. The first-order chi connectivity index (χ1) is 14.1. The number of amides is 1. The zero-order valence-corrected chi connectivity index (χ0v) is 17.0. The number of rotatable bonds is 6. The van der Waals surface area contributed by atoms with Gasteiger partial charge in [-0.1, -0.05) is 78.3 Å². The van der Waals surface area contributed by atoms with Crippen LogP contribution in [-0.4, -0.2) is 10.9 Å². The summed E-state index contributed by atoms with van der Waals surface area (Å²) in [4.78, 5) is 16.3. The molecule has 29 heavy (non-hydrogen) atoms. The second-order valence-corrected chi connectivity index (χ2v) is 7.67. The molecule has 0 spiro atoms. The quantitative estimate of drug-likeness (QED) is 0.395. The molecule has 4 rings (SSSR count). The summed E-state index contributed by atoms with van der Waals surface area (Å²) < 4.78 is 0. The molecule has 0 aliphatic carbocycles. The molecular weight excluding hydrogens is 380 g/mol. The van der Waals surface area contributed by atoms with E-state index in [4.69, 9.17) is 11.6 Å². The number of aromatic nitrogens is 1. The van der Waals surface area contributed by atoms with Crippen LogP contribution in [0.25, 0.3) is 10.9 Å². The fraction of sp³-hybridized carbons (Fsp3) is 0.160. The normalized spacial score (nSPS) is 13.2. The predicted octanol–water partition coefficient (Wildman–Crippen LogP) is 6.22. The number of carbonyl (C=O) groups is 1. The lowest BCUT2D eigenvalue weighted by atomic mass is 9.87. The average molecular weight is 403 g/mol. The highest BCUT2D eigenvalue weighted by Crippen LogP contribution is 2.36. The van der Waals surface area contributed by atoms with Gasteiger partial charge in [-0.2, -0.15) is 0 Å². The lowest BCUT2D eigenvalue weighted by molar-refractivity contribution is -0.121. The van der Waals surface area contributed by atoms with E-state index in [1.165, 1.54) is 0 Å². The number of para-hydroxylation sites is 1. The lowest BCUT2D eigenvalue weighted by Gasteiger charge is -2.20. The van der Waals surface area contributed by atoms with E-state index >= 15 is 0 Å². The number of hydrogen-bond acceptors (Lipinski definition) is 1. The molecule has 1 aromatic heterocycles. The third-order valence-corrected chi connectivity index (χ3v) is 5.69. The van der Waals surface area contributed by atoms with Crippen molar-refractivity contribution in [3.8, 4) is 0 Å². The van der Waals surface area contributed by atoms with Crippen molar-refractivity contribution in [2.75, 3.05) is 0 Å². The maximum Gasteiger partial charge on any atom is 0.221 e. The van der Waals surface area contributed by atoms with Crippen LogP contribution in [0.4, 0.5) is 0 Å². The summed E-state index contributed by atoms with van der Waals surface area (Å²) in [6, 6.07) is 25.8. The summed E-state index contributed by atoms with van der Waals surface area (Å²) >= 11 is 6.53. The summed E-state index contributed by atoms with van der Waals surface area (Å²) in [6.07, 6.45) is 2.31. The van der Waals surface area contributed by atoms with Crippen molar-refractivity contribution in [1.82, 2.24) is 10.3 Å². The summed E-state index contributed by atoms with van der Waals surface area (Å²) in [5, 5.41) is 4.92. The van der Waals surface area contributed by atoms with Crippen LogP contribution in [0.2, 0.25) is 5.02 Å². The van der Waals surface area contributed by atoms with Crippen LogP contribution in [0.5, 0.6) is 0 Å². The Hall–Kier alpha value is -3.04. The highest BCUT2D eigenvalue weighted by atomic mass is 35.5. The van der Waals surface area contributed by atoms with Crippen LogP contribution < -0.4 is 5.32 Å². The van der Waals surface area contributed by atoms with Crippen molar-refractivity contribution < 1.29 is 4.79 Å². The minimum atomic E-state index is -0.136. The van der Waals surface area contributed by atoms with E-state index in [1.54, 1.807) is 0 Å². The largest absolute Gasteiger partial charge is 0.361 e. The van der Waals surface area contributed by atoms with Gasteiger partial charge in [0.15, 0.2) is 0 Å². The van der Waals surface area contributed by atoms with Gasteiger partial charge < -0.3 is 10.3 Å². The van der Waals surface area contributed by atoms with E-state index in [-0.39, 0.29) is 17.9 Å². The molecule has 4 heteroatoms. The van der Waals surface area contributed by atoms with Crippen LogP contribution in [0, 0.1) is 0 Å². The van der Waals surface area contributed by atoms with Gasteiger partial charge in [-0.15, -0.1) is 0 Å². The smallest absolute Gasteiger partial charge is 0.221 e. The Balaban J connectivity index is 1.64. The Kier molecular flexibility index (Phi) is 5.68. The van der Waals surface area contributed by atoms with Crippen LogP contribution in [0.15, 0.2) is 85.1 Å². The van der Waals surface area contributed by atoms with Crippen LogP contribution in [-0.2, 0) is 4.79 Å². The standard InChI is InChI=1S/C25H23ClN2O/c1-17(18-9-3-2-4-10-18)28-25(29)15-21(19-11-5-7-13-23(19)26)22-16-27-24-14-8-6-12-20(22)24/h2-14,16-17,21,27H,15H2,1H3,(H,28,29)/t17-,21-/m1/s1. The second kappa shape index (κ2) is 8.54. The molecule has 0 aliphatic rings. The molecule has 0 radical (unpaired) electrons. The summed E-state index contributed by atoms with van der Waals surface area (Å²) in [7, 11) is 0. The molecule has 1 heterocycles. The fourth-order valence-corrected chi connectivity index (χ4v) is 4.11. The van der Waals surface area contributed by atoms with E-state index in [9.17, 15) is 4.79 Å². The summed E-state index contributed by atoms with van der Waals surface area (Å²) in [5.74, 6) is -0.139. The SMILES string of the molecule is C[C@@H](NC(=O)C[C@H](c1ccccc1Cl)c1c[nH]c2ccccc12)c1ccccc1. The molecule has 3 nitrogen and oxygen atoms in total. The van der Waals surface area contributed by atoms with Crippen LogP contribution in [0.3, 0.4) is 0 Å². The highest BCUT2D eigenvalue weighted by Gasteiger charge is 2.24. The van der Waals surface area contributed by atoms with Crippen molar-refractivity contribution in [3.63, 3.8) is 0 Å². The zero-order valence-electron chi connectivity index (χ0n) is 16.2. The van der Waals surface area contributed by atoms with Gasteiger partial charge in [-0.25, -0.2) is 0 Å². The molecule has 0 fully saturated rings. The number of hydrogen-bond donors (Lipinski definition) is 2. The highest BCUT2D eigenvalue weighted by molar-refractivity contribution is 6.31. The van der Waals surface area contributed by atoms with Gasteiger partial charge in [-0.3, -0.25) is 4.79 Å². The van der Waals surface area contributed by atoms with Gasteiger partial charge in [0.2, 0.25) is 5.91 Å². The van der Waals surface area contributed by atoms with E-state index < -0.39 is 0 Å². The number of H-pyrrole nitrogens is 1. The monoisotopic (exact) mass is 402 g/mol. The van der Waals surface area contributed by atoms with Crippen molar-refractivity contribution in [1.29, 1.82) is 0 Å². The Morgan fingerprint density at radius 2 is 1.62 bits per heavy atom. The Morgan fingerprint density at radius 1 is 0.931 bits per heavy atom. The van der Waals surface area contributed by atoms with E-state index in [0.717, 1.165) is 27.6 Å². The van der Waals surface area contributed by atoms with Gasteiger partial charge in [0.05, 0.1) is 6.04 Å². The number of carbonyl (C=O) groups excluding carboxylic acids is 1. The predicted molar refractivity (Wildman–Crippen MR) is 119 cm³/mol. The Morgan fingerprint density at radius 3 is 2.41 bits per heavy atom. The molecule has 0 saturated heterocycles. The maximum atomic E-state index is 13.0. The number of fused-ring (bicyclic) bond motifs is 1. The first-order valence-corrected chi connectivity index (χ1v) is 10.2. The zero-order chi connectivity index (χ0) is 20.2. The molecule has 2 atom stereocenters. The molecule has 4 aromatic rings. The molecule has 1 amide bonds. The van der Waals surface area contributed by atoms with Crippen LogP contribution >= 0.6 is 11.6 Å². The van der Waals surface area contributed by atoms with Gasteiger partial charge in [0.25, 0.3) is 0 Å².